The third-order valence-corrected chi connectivity index (χ3v) is 8.77. The van der Waals surface area contributed by atoms with Gasteiger partial charge in [-0.15, -0.1) is 0 Å². The van der Waals surface area contributed by atoms with Crippen LogP contribution in [-0.2, 0) is 10.0 Å². The summed E-state index contributed by atoms with van der Waals surface area (Å²) in [5, 5.41) is 11.1. The highest BCUT2D eigenvalue weighted by Gasteiger charge is 2.30. The Morgan fingerprint density at radius 2 is 1.90 bits per heavy atom. The fourth-order valence-electron chi connectivity index (χ4n) is 4.34. The number of ether oxygens (including phenoxy) is 1. The van der Waals surface area contributed by atoms with Crippen molar-refractivity contribution >= 4 is 39.3 Å². The number of nitrogens with zero attached hydrogens (tertiary/aromatic N) is 4. The number of hydrogen-bond acceptors (Lipinski definition) is 8. The van der Waals surface area contributed by atoms with Crippen LogP contribution in [0.25, 0.3) is 6.08 Å². The summed E-state index contributed by atoms with van der Waals surface area (Å²) in [6.07, 6.45) is 5.23. The molecule has 2 aromatic carbocycles. The van der Waals surface area contributed by atoms with E-state index in [-0.39, 0.29) is 34.7 Å². The van der Waals surface area contributed by atoms with Crippen LogP contribution in [0.5, 0.6) is 5.75 Å². The fourth-order valence-corrected chi connectivity index (χ4v) is 5.97. The van der Waals surface area contributed by atoms with Gasteiger partial charge in [0.25, 0.3) is 11.6 Å². The van der Waals surface area contributed by atoms with Gasteiger partial charge in [-0.1, -0.05) is 42.0 Å². The minimum Gasteiger partial charge on any atom is -0.496 e. The number of furan rings is 1. The molecular formula is C27H29ClN4O7S. The Morgan fingerprint density at radius 1 is 1.15 bits per heavy atom. The van der Waals surface area contributed by atoms with Gasteiger partial charge < -0.3 is 14.1 Å². The van der Waals surface area contributed by atoms with Crippen LogP contribution in [0.2, 0.25) is 5.02 Å². The maximum absolute atomic E-state index is 13.1. The number of benzene rings is 2. The zero-order valence-corrected chi connectivity index (χ0v) is 23.4. The Labute approximate surface area is 237 Å². The Bertz CT molecular complexity index is 1470. The molecule has 0 aliphatic carbocycles. The molecule has 4 rings (SSSR count). The van der Waals surface area contributed by atoms with Crippen molar-refractivity contribution < 1.29 is 27.3 Å². The van der Waals surface area contributed by atoms with Gasteiger partial charge in [0.1, 0.15) is 10.8 Å². The lowest BCUT2D eigenvalue weighted by molar-refractivity contribution is -0.384. The average Bonchev–Trinajstić information content (AvgIpc) is 3.50. The number of rotatable bonds is 11. The molecule has 1 fully saturated rings. The van der Waals surface area contributed by atoms with Gasteiger partial charge >= 0.3 is 0 Å². The molecular weight excluding hydrogens is 560 g/mol. The number of methoxy groups -OCH3 is 1. The molecule has 0 unspecified atom stereocenters. The first kappa shape index (κ1) is 29.3. The third kappa shape index (κ3) is 6.89. The van der Waals surface area contributed by atoms with Crippen molar-refractivity contribution in [2.24, 2.45) is 0 Å². The summed E-state index contributed by atoms with van der Waals surface area (Å²) in [6, 6.07) is 14.3. The number of hydrogen-bond donors (Lipinski definition) is 0. The van der Waals surface area contributed by atoms with Gasteiger partial charge in [0, 0.05) is 57.4 Å². The first-order valence-corrected chi connectivity index (χ1v) is 14.3. The molecule has 11 nitrogen and oxygen atoms in total. The molecule has 13 heteroatoms. The predicted molar refractivity (Wildman–Crippen MR) is 150 cm³/mol. The van der Waals surface area contributed by atoms with Crippen molar-refractivity contribution in [1.82, 2.24) is 14.1 Å². The zero-order valence-electron chi connectivity index (χ0n) is 21.8. The molecule has 1 saturated heterocycles. The largest absolute Gasteiger partial charge is 0.496 e. The number of para-hydroxylation sites is 1. The molecule has 3 aromatic rings. The minimum absolute atomic E-state index is 0.125. The molecule has 40 heavy (non-hydrogen) atoms. The summed E-state index contributed by atoms with van der Waals surface area (Å²) in [4.78, 5) is 27.2. The summed E-state index contributed by atoms with van der Waals surface area (Å²) < 4.78 is 38.2. The Balaban J connectivity index is 1.38. The van der Waals surface area contributed by atoms with Crippen LogP contribution in [-0.4, -0.2) is 86.3 Å². The SMILES string of the molecule is COc1ccccc1/C=C/CN(CCN1CCN(S(=O)(=O)c2ccc(Cl)c([N+](=O)[O-])c2)CC1)C(=O)c1ccco1. The molecule has 1 aliphatic rings. The molecule has 1 aromatic heterocycles. The zero-order chi connectivity index (χ0) is 28.7. The summed E-state index contributed by atoms with van der Waals surface area (Å²) in [5.41, 5.74) is 0.432. The molecule has 0 bridgehead atoms. The highest BCUT2D eigenvalue weighted by Crippen LogP contribution is 2.29. The summed E-state index contributed by atoms with van der Waals surface area (Å²) in [6.45, 7) is 2.54. The molecule has 1 aliphatic heterocycles. The lowest BCUT2D eigenvalue weighted by atomic mass is 10.2. The average molecular weight is 589 g/mol. The number of amides is 1. The van der Waals surface area contributed by atoms with Crippen LogP contribution in [0.15, 0.2) is 76.2 Å². The van der Waals surface area contributed by atoms with E-state index < -0.39 is 20.6 Å². The second-order valence-corrected chi connectivity index (χ2v) is 11.3. The highest BCUT2D eigenvalue weighted by molar-refractivity contribution is 7.89. The van der Waals surface area contributed by atoms with Crippen LogP contribution < -0.4 is 4.74 Å². The van der Waals surface area contributed by atoms with Crippen LogP contribution in [0.3, 0.4) is 0 Å². The molecule has 212 valence electrons. The number of nitro groups is 1. The van der Waals surface area contributed by atoms with Gasteiger partial charge in [-0.2, -0.15) is 4.31 Å². The van der Waals surface area contributed by atoms with Crippen LogP contribution in [0, 0.1) is 10.1 Å². The van der Waals surface area contributed by atoms with Crippen molar-refractivity contribution in [2.45, 2.75) is 4.90 Å². The Kier molecular flexibility index (Phi) is 9.58. The van der Waals surface area contributed by atoms with Gasteiger partial charge in [0.15, 0.2) is 5.76 Å². The van der Waals surface area contributed by atoms with Crippen molar-refractivity contribution in [1.29, 1.82) is 0 Å². The molecule has 1 amide bonds. The maximum Gasteiger partial charge on any atom is 0.289 e. The lowest BCUT2D eigenvalue weighted by Gasteiger charge is -2.35. The van der Waals surface area contributed by atoms with Crippen LogP contribution >= 0.6 is 11.6 Å². The Morgan fingerprint density at radius 3 is 2.58 bits per heavy atom. The molecule has 0 radical (unpaired) electrons. The van der Waals surface area contributed by atoms with Gasteiger partial charge in [0.2, 0.25) is 10.0 Å². The van der Waals surface area contributed by atoms with E-state index in [1.807, 2.05) is 36.4 Å². The number of carbonyl (C=O) groups excluding carboxylic acids is 1. The monoisotopic (exact) mass is 588 g/mol. The molecule has 0 atom stereocenters. The van der Waals surface area contributed by atoms with E-state index in [9.17, 15) is 23.3 Å². The predicted octanol–water partition coefficient (Wildman–Crippen LogP) is 4.01. The first-order chi connectivity index (χ1) is 19.2. The number of carbonyl (C=O) groups is 1. The van der Waals surface area contributed by atoms with Crippen molar-refractivity contribution in [3.63, 3.8) is 0 Å². The van der Waals surface area contributed by atoms with Crippen molar-refractivity contribution in [2.75, 3.05) is 52.9 Å². The number of sulfonamides is 1. The first-order valence-electron chi connectivity index (χ1n) is 12.5. The summed E-state index contributed by atoms with van der Waals surface area (Å²) >= 11 is 5.84. The van der Waals surface area contributed by atoms with Gasteiger partial charge in [-0.3, -0.25) is 19.8 Å². The topological polar surface area (TPSA) is 126 Å². The fraction of sp³-hybridized carbons (Fsp3) is 0.296. The lowest BCUT2D eigenvalue weighted by Crippen LogP contribution is -2.50. The second kappa shape index (κ2) is 13.1. The Hall–Kier alpha value is -3.71. The van der Waals surface area contributed by atoms with E-state index in [2.05, 4.69) is 4.90 Å². The molecule has 0 spiro atoms. The van der Waals surface area contributed by atoms with E-state index in [0.29, 0.717) is 32.7 Å². The van der Waals surface area contributed by atoms with Crippen LogP contribution in [0.4, 0.5) is 5.69 Å². The quantitative estimate of drug-likeness (QED) is 0.243. The third-order valence-electron chi connectivity index (χ3n) is 6.55. The highest BCUT2D eigenvalue weighted by atomic mass is 35.5. The van der Waals surface area contributed by atoms with Crippen LogP contribution in [0.1, 0.15) is 16.1 Å². The van der Waals surface area contributed by atoms with Gasteiger partial charge in [-0.05, 0) is 30.3 Å². The normalized spacial score (nSPS) is 14.8. The second-order valence-electron chi connectivity index (χ2n) is 8.99. The summed E-state index contributed by atoms with van der Waals surface area (Å²) in [7, 11) is -2.33. The molecule has 2 heterocycles. The van der Waals surface area contributed by atoms with E-state index >= 15 is 0 Å². The number of piperazine rings is 1. The van der Waals surface area contributed by atoms with E-state index in [1.54, 1.807) is 24.1 Å². The van der Waals surface area contributed by atoms with Crippen molar-refractivity contribution in [3.8, 4) is 5.75 Å². The van der Waals surface area contributed by atoms with E-state index in [4.69, 9.17) is 20.8 Å². The maximum atomic E-state index is 13.1. The number of nitro benzene ring substituents is 1. The molecule has 0 saturated carbocycles. The number of halogens is 1. The summed E-state index contributed by atoms with van der Waals surface area (Å²) in [5.74, 6) is 0.711. The van der Waals surface area contributed by atoms with Gasteiger partial charge in [0.05, 0.1) is 23.2 Å². The smallest absolute Gasteiger partial charge is 0.289 e. The minimum atomic E-state index is -3.93. The van der Waals surface area contributed by atoms with E-state index in [1.165, 1.54) is 22.7 Å². The van der Waals surface area contributed by atoms with Crippen molar-refractivity contribution in [3.05, 3.63) is 93.4 Å². The molecule has 0 N–H and O–H groups in total. The van der Waals surface area contributed by atoms with Gasteiger partial charge in [-0.25, -0.2) is 8.42 Å². The van der Waals surface area contributed by atoms with E-state index in [0.717, 1.165) is 17.4 Å². The standard InChI is InChI=1S/C27H29ClN4O7S/c1-38-25-8-3-2-6-21(25)7-4-12-30(27(33)26-9-5-19-39-26)16-13-29-14-17-31(18-15-29)40(36,37)22-10-11-23(28)24(20-22)32(34)35/h2-11,19-20H,12-18H2,1H3/b7-4+.